The van der Waals surface area contributed by atoms with E-state index in [4.69, 9.17) is 4.42 Å². The molecular formula is C28H34N8O3. The molecule has 1 aliphatic carbocycles. The Labute approximate surface area is 227 Å². The van der Waals surface area contributed by atoms with Crippen molar-refractivity contribution in [2.75, 3.05) is 35.7 Å². The van der Waals surface area contributed by atoms with Crippen LogP contribution in [-0.2, 0) is 4.74 Å². The molecule has 11 heteroatoms. The van der Waals surface area contributed by atoms with Crippen molar-refractivity contribution in [1.82, 2.24) is 24.9 Å². The number of pyridine rings is 1. The summed E-state index contributed by atoms with van der Waals surface area (Å²) in [6.45, 7) is 2.00. The Morgan fingerprint density at radius 3 is 2.87 bits per heavy atom. The number of oxazole rings is 1. The van der Waals surface area contributed by atoms with Crippen molar-refractivity contribution in [3.05, 3.63) is 55.1 Å². The summed E-state index contributed by atoms with van der Waals surface area (Å²) in [6.07, 6.45) is 11.7. The quantitative estimate of drug-likeness (QED) is 0.316. The molecule has 0 radical (unpaired) electrons. The number of nitrogens with zero attached hydrogens (tertiary/aromatic N) is 5. The molecule has 3 aromatic heterocycles. The van der Waals surface area contributed by atoms with Crippen molar-refractivity contribution < 1.29 is 13.9 Å². The van der Waals surface area contributed by atoms with Gasteiger partial charge in [-0.15, -0.1) is 0 Å². The molecule has 2 aliphatic rings. The van der Waals surface area contributed by atoms with Crippen LogP contribution in [0, 0.1) is 0 Å². The Hall–Kier alpha value is -4.12. The Morgan fingerprint density at radius 1 is 1.08 bits per heavy atom. The van der Waals surface area contributed by atoms with Crippen LogP contribution in [0.25, 0.3) is 17.0 Å². The number of nitrogens with one attached hydrogen (secondary N) is 3. The normalized spacial score (nSPS) is 21.6. The minimum Gasteiger partial charge on any atom is -0.453 e. The molecular weight excluding hydrogens is 496 g/mol. The van der Waals surface area contributed by atoms with E-state index in [-0.39, 0.29) is 6.04 Å². The largest absolute Gasteiger partial charge is 0.453 e. The van der Waals surface area contributed by atoms with Gasteiger partial charge in [-0.1, -0.05) is 25.0 Å². The fourth-order valence-electron chi connectivity index (χ4n) is 5.70. The third-order valence-electron chi connectivity index (χ3n) is 7.65. The number of carbonyl (C=O) groups excluding carboxylic acids is 1. The number of methoxy groups -OCH3 is 1. The summed E-state index contributed by atoms with van der Waals surface area (Å²) in [5.41, 5.74) is 3.50. The molecule has 1 saturated heterocycles. The van der Waals surface area contributed by atoms with Crippen LogP contribution < -0.4 is 20.9 Å². The Balaban J connectivity index is 1.09. The van der Waals surface area contributed by atoms with Gasteiger partial charge in [0.25, 0.3) is 6.01 Å². The average Bonchev–Trinajstić information content (AvgIpc) is 3.64. The highest BCUT2D eigenvalue weighted by atomic mass is 16.5. The smallest absolute Gasteiger partial charge is 0.411 e. The Bertz CT molecular complexity index is 1420. The number of fused-ring (bicyclic) bond motifs is 1. The van der Waals surface area contributed by atoms with Crippen LogP contribution in [0.1, 0.15) is 38.5 Å². The Kier molecular flexibility index (Phi) is 7.31. The number of aromatic nitrogens is 4. The van der Waals surface area contributed by atoms with Crippen molar-refractivity contribution in [2.24, 2.45) is 0 Å². The first kappa shape index (κ1) is 25.2. The van der Waals surface area contributed by atoms with E-state index < -0.39 is 6.09 Å². The molecule has 1 amide bonds. The number of anilines is 3. The number of hydrogen-bond acceptors (Lipinski definition) is 9. The highest BCUT2D eigenvalue weighted by molar-refractivity contribution is 5.85. The SMILES string of the molecule is COC(=O)Nc1cccc(-c2cnc(N[C@@H]3CCCC[C@H]3N[C@H]3CCCN(c4ccc5ncnn5c4)C3)o2)c1. The highest BCUT2D eigenvalue weighted by Crippen LogP contribution is 2.28. The van der Waals surface area contributed by atoms with Crippen molar-refractivity contribution >= 4 is 29.1 Å². The van der Waals surface area contributed by atoms with E-state index in [1.54, 1.807) is 18.6 Å². The van der Waals surface area contributed by atoms with Gasteiger partial charge in [-0.05, 0) is 49.9 Å². The molecule has 39 heavy (non-hydrogen) atoms. The zero-order chi connectivity index (χ0) is 26.6. The molecule has 0 spiro atoms. The second kappa shape index (κ2) is 11.3. The lowest BCUT2D eigenvalue weighted by molar-refractivity contribution is 0.187. The third-order valence-corrected chi connectivity index (χ3v) is 7.65. The highest BCUT2D eigenvalue weighted by Gasteiger charge is 2.30. The van der Waals surface area contributed by atoms with Crippen LogP contribution in [0.15, 0.2) is 59.5 Å². The van der Waals surface area contributed by atoms with Crippen LogP contribution in [-0.4, -0.2) is 64.0 Å². The summed E-state index contributed by atoms with van der Waals surface area (Å²) >= 11 is 0. The molecule has 0 unspecified atom stereocenters. The van der Waals surface area contributed by atoms with Gasteiger partial charge in [0.2, 0.25) is 0 Å². The number of carbonyl (C=O) groups is 1. The fourth-order valence-corrected chi connectivity index (χ4v) is 5.70. The maximum Gasteiger partial charge on any atom is 0.411 e. The topological polar surface area (TPSA) is 122 Å². The summed E-state index contributed by atoms with van der Waals surface area (Å²) in [5.74, 6) is 0.638. The molecule has 3 atom stereocenters. The molecule has 1 aromatic carbocycles. The van der Waals surface area contributed by atoms with Gasteiger partial charge >= 0.3 is 6.09 Å². The summed E-state index contributed by atoms with van der Waals surface area (Å²) in [4.78, 5) is 22.8. The van der Waals surface area contributed by atoms with E-state index in [1.807, 2.05) is 28.8 Å². The van der Waals surface area contributed by atoms with Gasteiger partial charge in [0, 0.05) is 42.5 Å². The van der Waals surface area contributed by atoms with Gasteiger partial charge < -0.3 is 24.7 Å². The van der Waals surface area contributed by atoms with Gasteiger partial charge in [0.15, 0.2) is 11.4 Å². The zero-order valence-corrected chi connectivity index (χ0v) is 22.0. The molecule has 1 aliphatic heterocycles. The predicted molar refractivity (Wildman–Crippen MR) is 149 cm³/mol. The summed E-state index contributed by atoms with van der Waals surface area (Å²) in [5, 5.41) is 14.5. The number of hydrogen-bond donors (Lipinski definition) is 3. The van der Waals surface area contributed by atoms with E-state index >= 15 is 0 Å². The second-order valence-electron chi connectivity index (χ2n) is 10.3. The van der Waals surface area contributed by atoms with Crippen LogP contribution in [0.4, 0.5) is 22.2 Å². The van der Waals surface area contributed by atoms with Crippen LogP contribution >= 0.6 is 0 Å². The lowest BCUT2D eigenvalue weighted by Gasteiger charge is -2.40. The molecule has 11 nitrogen and oxygen atoms in total. The van der Waals surface area contributed by atoms with Gasteiger partial charge in [-0.3, -0.25) is 5.32 Å². The summed E-state index contributed by atoms with van der Waals surface area (Å²) < 4.78 is 12.6. The zero-order valence-electron chi connectivity index (χ0n) is 22.0. The van der Waals surface area contributed by atoms with E-state index in [1.165, 1.54) is 25.6 Å². The lowest BCUT2D eigenvalue weighted by Crippen LogP contribution is -2.54. The standard InChI is InChI=1S/C28H34N8O3/c1-38-28(37)33-20-7-4-6-19(14-20)25-15-29-27(39-25)34-24-10-3-2-9-23(24)32-21-8-5-13-35(16-21)22-11-12-26-30-18-31-36(26)17-22/h4,6-7,11-12,14-15,17-18,21,23-24,32H,2-3,5,8-10,13,16H2,1H3,(H,29,34)(H,33,37)/t21-,23+,24+/m0/s1. The summed E-state index contributed by atoms with van der Waals surface area (Å²) in [7, 11) is 1.34. The van der Waals surface area contributed by atoms with Crippen molar-refractivity contribution in [3.8, 4) is 11.3 Å². The van der Waals surface area contributed by atoms with Gasteiger partial charge in [-0.25, -0.2) is 19.3 Å². The molecule has 6 rings (SSSR count). The van der Waals surface area contributed by atoms with Crippen LogP contribution in [0.5, 0.6) is 0 Å². The minimum absolute atomic E-state index is 0.236. The molecule has 1 saturated carbocycles. The third kappa shape index (κ3) is 5.83. The van der Waals surface area contributed by atoms with Gasteiger partial charge in [-0.2, -0.15) is 5.10 Å². The van der Waals surface area contributed by atoms with Gasteiger partial charge in [0.05, 0.1) is 25.2 Å². The first-order valence-electron chi connectivity index (χ1n) is 13.6. The monoisotopic (exact) mass is 530 g/mol. The first-order valence-corrected chi connectivity index (χ1v) is 13.6. The maximum absolute atomic E-state index is 11.6. The first-order chi connectivity index (χ1) is 19.1. The number of rotatable bonds is 7. The van der Waals surface area contributed by atoms with E-state index in [2.05, 4.69) is 52.9 Å². The minimum atomic E-state index is -0.514. The van der Waals surface area contributed by atoms with E-state index in [0.29, 0.717) is 29.5 Å². The van der Waals surface area contributed by atoms with Gasteiger partial charge in [0.1, 0.15) is 6.33 Å². The number of piperidine rings is 1. The van der Waals surface area contributed by atoms with Crippen molar-refractivity contribution in [1.29, 1.82) is 0 Å². The molecule has 204 valence electrons. The Morgan fingerprint density at radius 2 is 1.97 bits per heavy atom. The number of amides is 1. The molecule has 3 N–H and O–H groups in total. The molecule has 4 heterocycles. The van der Waals surface area contributed by atoms with E-state index in [0.717, 1.165) is 50.0 Å². The molecule has 0 bridgehead atoms. The fraction of sp³-hybridized carbons (Fsp3) is 0.429. The lowest BCUT2D eigenvalue weighted by atomic mass is 9.89. The van der Waals surface area contributed by atoms with Crippen LogP contribution in [0.3, 0.4) is 0 Å². The van der Waals surface area contributed by atoms with E-state index in [9.17, 15) is 4.79 Å². The predicted octanol–water partition coefficient (Wildman–Crippen LogP) is 4.54. The van der Waals surface area contributed by atoms with Crippen molar-refractivity contribution in [2.45, 2.75) is 56.7 Å². The van der Waals surface area contributed by atoms with Crippen LogP contribution in [0.2, 0.25) is 0 Å². The average molecular weight is 531 g/mol. The number of benzene rings is 1. The summed E-state index contributed by atoms with van der Waals surface area (Å²) in [6, 6.07) is 13.1. The second-order valence-corrected chi connectivity index (χ2v) is 10.3. The maximum atomic E-state index is 11.6. The molecule has 4 aromatic rings. The molecule has 2 fully saturated rings. The van der Waals surface area contributed by atoms with Crippen molar-refractivity contribution in [3.63, 3.8) is 0 Å². The number of ether oxygens (including phenoxy) is 1.